The van der Waals surface area contributed by atoms with Crippen molar-refractivity contribution < 1.29 is 4.68 Å². The molecule has 0 saturated heterocycles. The lowest BCUT2D eigenvalue weighted by Crippen LogP contribution is -2.33. The van der Waals surface area contributed by atoms with E-state index in [1.165, 1.54) is 4.52 Å². The predicted octanol–water partition coefficient (Wildman–Crippen LogP) is 1.31. The van der Waals surface area contributed by atoms with Crippen molar-refractivity contribution in [2.45, 2.75) is 6.54 Å². The molecule has 0 amide bonds. The van der Waals surface area contributed by atoms with Crippen LogP contribution in [0.15, 0.2) is 65.5 Å². The molecule has 27 heavy (non-hydrogen) atoms. The molecule has 3 aromatic heterocycles. The molecule has 0 atom stereocenters. The molecule has 0 aliphatic heterocycles. The Morgan fingerprint density at radius 2 is 1.70 bits per heavy atom. The summed E-state index contributed by atoms with van der Waals surface area (Å²) in [7, 11) is 1.85. The Balaban J connectivity index is 1.77. The van der Waals surface area contributed by atoms with Gasteiger partial charge in [0.1, 0.15) is 7.05 Å². The molecule has 0 bridgehead atoms. The van der Waals surface area contributed by atoms with E-state index in [-0.39, 0.29) is 11.1 Å². The summed E-state index contributed by atoms with van der Waals surface area (Å²) in [6.45, 7) is 0.497. The van der Waals surface area contributed by atoms with Gasteiger partial charge in [-0.15, -0.1) is 5.10 Å². The third-order valence-electron chi connectivity index (χ3n) is 4.56. The van der Waals surface area contributed by atoms with Crippen LogP contribution >= 0.6 is 0 Å². The smallest absolute Gasteiger partial charge is 0.236 e. The van der Waals surface area contributed by atoms with Crippen molar-refractivity contribution in [3.63, 3.8) is 0 Å². The molecule has 0 aliphatic carbocycles. The van der Waals surface area contributed by atoms with Crippen LogP contribution < -0.4 is 10.2 Å². The van der Waals surface area contributed by atoms with Crippen LogP contribution in [0, 0.1) is 0 Å². The quantitative estimate of drug-likeness (QED) is 0.493. The first-order valence-corrected chi connectivity index (χ1v) is 8.55. The van der Waals surface area contributed by atoms with E-state index in [4.69, 9.17) is 4.98 Å². The van der Waals surface area contributed by atoms with E-state index in [0.717, 1.165) is 16.8 Å². The van der Waals surface area contributed by atoms with Gasteiger partial charge in [-0.3, -0.25) is 0 Å². The highest BCUT2D eigenvalue weighted by Gasteiger charge is 2.25. The molecule has 2 aromatic carbocycles. The molecule has 5 rings (SSSR count). The summed E-state index contributed by atoms with van der Waals surface area (Å²) in [5, 5.41) is 11.2. The van der Waals surface area contributed by atoms with Crippen LogP contribution in [0.3, 0.4) is 0 Å². The predicted molar refractivity (Wildman–Crippen MR) is 99.1 cm³/mol. The number of H-pyrrole nitrogens is 1. The number of hydrogen-bond acceptors (Lipinski definition) is 4. The van der Waals surface area contributed by atoms with E-state index < -0.39 is 0 Å². The fraction of sp³-hybridized carbons (Fsp3) is 0.105. The Labute approximate surface area is 153 Å². The minimum absolute atomic E-state index is 0.241. The van der Waals surface area contributed by atoms with Gasteiger partial charge < -0.3 is 0 Å². The number of fused-ring (bicyclic) bond motifs is 2. The molecule has 0 fully saturated rings. The summed E-state index contributed by atoms with van der Waals surface area (Å²) in [6.07, 6.45) is 0. The van der Waals surface area contributed by atoms with Gasteiger partial charge in [0.15, 0.2) is 5.65 Å². The molecule has 0 saturated carbocycles. The lowest BCUT2D eigenvalue weighted by Gasteiger charge is -2.01. The van der Waals surface area contributed by atoms with Gasteiger partial charge in [0, 0.05) is 5.56 Å². The van der Waals surface area contributed by atoms with Gasteiger partial charge in [-0.2, -0.15) is 9.67 Å². The second kappa shape index (κ2) is 5.87. The molecule has 0 radical (unpaired) electrons. The number of hydrogen-bond donors (Lipinski definition) is 1. The molecule has 0 spiro atoms. The first-order valence-electron chi connectivity index (χ1n) is 8.55. The summed E-state index contributed by atoms with van der Waals surface area (Å²) in [5.41, 5.74) is 3.83. The van der Waals surface area contributed by atoms with Crippen LogP contribution in [0.4, 0.5) is 0 Å². The maximum atomic E-state index is 12.9. The lowest BCUT2D eigenvalue weighted by atomic mass is 10.1. The molecular formula is C19H16N7O+. The van der Waals surface area contributed by atoms with E-state index in [1.807, 2.05) is 67.7 Å². The summed E-state index contributed by atoms with van der Waals surface area (Å²) >= 11 is 0. The SMILES string of the molecule is C[n+]1[nH]n2c(=O)c3nnn(Cc4ccccc4)c3nc2c1-c1ccccc1. The van der Waals surface area contributed by atoms with Crippen molar-refractivity contribution in [1.82, 2.24) is 29.7 Å². The average Bonchev–Trinajstić information content (AvgIpc) is 3.25. The van der Waals surface area contributed by atoms with Gasteiger partial charge in [0.25, 0.3) is 0 Å². The summed E-state index contributed by atoms with van der Waals surface area (Å²) in [6, 6.07) is 19.7. The van der Waals surface area contributed by atoms with Crippen LogP contribution in [0.25, 0.3) is 28.1 Å². The second-order valence-corrected chi connectivity index (χ2v) is 6.35. The van der Waals surface area contributed by atoms with Crippen LogP contribution in [0.2, 0.25) is 0 Å². The zero-order valence-electron chi connectivity index (χ0n) is 14.6. The van der Waals surface area contributed by atoms with E-state index in [0.29, 0.717) is 17.8 Å². The fourth-order valence-corrected chi connectivity index (χ4v) is 3.29. The largest absolute Gasteiger partial charge is 0.390 e. The van der Waals surface area contributed by atoms with Crippen molar-refractivity contribution >= 4 is 16.8 Å². The van der Waals surface area contributed by atoms with Crippen molar-refractivity contribution in [3.8, 4) is 11.3 Å². The Morgan fingerprint density at radius 3 is 2.44 bits per heavy atom. The molecule has 8 nitrogen and oxygen atoms in total. The Kier molecular flexibility index (Phi) is 3.36. The molecular weight excluding hydrogens is 342 g/mol. The molecule has 8 heteroatoms. The third kappa shape index (κ3) is 2.42. The number of benzene rings is 2. The number of nitrogens with zero attached hydrogens (tertiary/aromatic N) is 6. The first kappa shape index (κ1) is 15.4. The number of nitrogens with one attached hydrogen (secondary N) is 1. The maximum absolute atomic E-state index is 12.9. The zero-order valence-corrected chi connectivity index (χ0v) is 14.6. The standard InChI is InChI=1S/C19H15N7O/c1-24-16(14-10-6-3-7-11-14)18-20-17-15(19(27)26(18)23-24)21-22-25(17)12-13-8-4-2-5-9-13/h2-11H,12H2,1H3/p+1. The number of rotatable bonds is 3. The van der Waals surface area contributed by atoms with Gasteiger partial charge in [0.05, 0.1) is 6.54 Å². The van der Waals surface area contributed by atoms with E-state index in [1.54, 1.807) is 9.36 Å². The topological polar surface area (TPSA) is 84.8 Å². The summed E-state index contributed by atoms with van der Waals surface area (Å²) in [4.78, 5) is 17.7. The van der Waals surface area contributed by atoms with Gasteiger partial charge in [-0.25, -0.2) is 9.48 Å². The molecule has 3 heterocycles. The highest BCUT2D eigenvalue weighted by Crippen LogP contribution is 2.19. The van der Waals surface area contributed by atoms with Gasteiger partial charge in [-0.05, 0) is 5.56 Å². The Morgan fingerprint density at radius 1 is 1.00 bits per heavy atom. The highest BCUT2D eigenvalue weighted by molar-refractivity contribution is 5.77. The molecule has 0 unspecified atom stereocenters. The van der Waals surface area contributed by atoms with Crippen LogP contribution in [-0.4, -0.2) is 29.7 Å². The van der Waals surface area contributed by atoms with Crippen molar-refractivity contribution in [1.29, 1.82) is 0 Å². The second-order valence-electron chi connectivity index (χ2n) is 6.35. The zero-order chi connectivity index (χ0) is 18.4. The minimum Gasteiger partial charge on any atom is -0.236 e. The maximum Gasteiger partial charge on any atom is 0.390 e. The van der Waals surface area contributed by atoms with Crippen LogP contribution in [-0.2, 0) is 13.6 Å². The normalized spacial score (nSPS) is 11.4. The first-order chi connectivity index (χ1) is 13.2. The highest BCUT2D eigenvalue weighted by atomic mass is 16.1. The van der Waals surface area contributed by atoms with Crippen molar-refractivity contribution in [2.75, 3.05) is 0 Å². The minimum atomic E-state index is -0.271. The van der Waals surface area contributed by atoms with Gasteiger partial charge in [-0.1, -0.05) is 75.6 Å². The van der Waals surface area contributed by atoms with Crippen LogP contribution in [0.1, 0.15) is 5.56 Å². The summed E-state index contributed by atoms with van der Waals surface area (Å²) < 4.78 is 4.85. The lowest BCUT2D eigenvalue weighted by molar-refractivity contribution is -0.721. The summed E-state index contributed by atoms with van der Waals surface area (Å²) in [5.74, 6) is 0. The molecule has 132 valence electrons. The fourth-order valence-electron chi connectivity index (χ4n) is 3.29. The van der Waals surface area contributed by atoms with Gasteiger partial charge in [0.2, 0.25) is 11.2 Å². The molecule has 1 N–H and O–H groups in total. The van der Waals surface area contributed by atoms with E-state index >= 15 is 0 Å². The molecule has 0 aliphatic rings. The van der Waals surface area contributed by atoms with Crippen molar-refractivity contribution in [3.05, 3.63) is 76.6 Å². The third-order valence-corrected chi connectivity index (χ3v) is 4.56. The Hall–Kier alpha value is -3.81. The number of aromatic nitrogens is 7. The van der Waals surface area contributed by atoms with Crippen molar-refractivity contribution in [2.24, 2.45) is 7.05 Å². The van der Waals surface area contributed by atoms with E-state index in [9.17, 15) is 4.79 Å². The van der Waals surface area contributed by atoms with Gasteiger partial charge >= 0.3 is 11.2 Å². The van der Waals surface area contributed by atoms with E-state index in [2.05, 4.69) is 15.5 Å². The molecule has 5 aromatic rings. The average molecular weight is 358 g/mol. The Bertz CT molecular complexity index is 1320. The van der Waals surface area contributed by atoms with Crippen LogP contribution in [0.5, 0.6) is 0 Å². The monoisotopic (exact) mass is 358 g/mol. The number of aromatic amines is 1. The number of aryl methyl sites for hydroxylation is 1.